The van der Waals surface area contributed by atoms with E-state index in [1.165, 1.54) is 5.56 Å². The molecule has 1 aliphatic heterocycles. The molecule has 2 atom stereocenters. The van der Waals surface area contributed by atoms with Crippen molar-refractivity contribution in [1.29, 1.82) is 0 Å². The third-order valence-corrected chi connectivity index (χ3v) is 5.83. The number of nitrogens with zero attached hydrogens (tertiary/aromatic N) is 1. The molecular formula is C25H35NO4. The Bertz CT molecular complexity index is 750. The molecule has 30 heavy (non-hydrogen) atoms. The zero-order chi connectivity index (χ0) is 21.4. The first-order chi connectivity index (χ1) is 14.5. The normalized spacial score (nSPS) is 22.5. The molecule has 3 rings (SSSR count). The molecule has 1 aliphatic rings. The number of ether oxygens (including phenoxy) is 2. The molecular weight excluding hydrogens is 378 g/mol. The minimum Gasteiger partial charge on any atom is -0.396 e. The summed E-state index contributed by atoms with van der Waals surface area (Å²) in [6, 6.07) is 18.3. The van der Waals surface area contributed by atoms with E-state index < -0.39 is 5.60 Å². The van der Waals surface area contributed by atoms with Gasteiger partial charge in [0.15, 0.2) is 0 Å². The van der Waals surface area contributed by atoms with E-state index in [2.05, 4.69) is 17.0 Å². The maximum atomic E-state index is 11.4. The fraction of sp³-hybridized carbons (Fsp3) is 0.520. The Hall–Kier alpha value is -1.76. The van der Waals surface area contributed by atoms with Crippen LogP contribution in [0.1, 0.15) is 37.0 Å². The van der Waals surface area contributed by atoms with Crippen LogP contribution in [0.3, 0.4) is 0 Å². The lowest BCUT2D eigenvalue weighted by Gasteiger charge is -2.44. The first-order valence-corrected chi connectivity index (χ1v) is 10.9. The van der Waals surface area contributed by atoms with E-state index in [4.69, 9.17) is 9.47 Å². The predicted octanol–water partition coefficient (Wildman–Crippen LogP) is 3.33. The van der Waals surface area contributed by atoms with Gasteiger partial charge in [-0.2, -0.15) is 0 Å². The van der Waals surface area contributed by atoms with Gasteiger partial charge in [0, 0.05) is 25.6 Å². The van der Waals surface area contributed by atoms with Gasteiger partial charge in [0.1, 0.15) is 0 Å². The summed E-state index contributed by atoms with van der Waals surface area (Å²) in [6.45, 7) is 7.96. The van der Waals surface area contributed by atoms with Crippen LogP contribution < -0.4 is 0 Å². The van der Waals surface area contributed by atoms with Crippen molar-refractivity contribution < 1.29 is 19.7 Å². The van der Waals surface area contributed by atoms with Crippen LogP contribution in [-0.2, 0) is 28.2 Å². The molecule has 0 radical (unpaired) electrons. The van der Waals surface area contributed by atoms with E-state index in [0.717, 1.165) is 24.2 Å². The summed E-state index contributed by atoms with van der Waals surface area (Å²) >= 11 is 0. The quantitative estimate of drug-likeness (QED) is 0.585. The van der Waals surface area contributed by atoms with Crippen molar-refractivity contribution in [3.8, 4) is 0 Å². The Kier molecular flexibility index (Phi) is 8.42. The standard InChI is InChI=1S/C25H35NO4/c1-20(2)30-15-14-29-19-22-8-10-23(11-9-22)25(28)12-13-26(17-24(25)18-27)16-21-6-4-3-5-7-21/h3-11,20,24,27-28H,12-19H2,1-2H3/t24-,25+/m1/s1. The summed E-state index contributed by atoms with van der Waals surface area (Å²) in [6.07, 6.45) is 0.820. The number of likely N-dealkylation sites (tertiary alicyclic amines) is 1. The molecule has 1 fully saturated rings. The second-order valence-electron chi connectivity index (χ2n) is 8.44. The van der Waals surface area contributed by atoms with Crippen LogP contribution in [0.25, 0.3) is 0 Å². The van der Waals surface area contributed by atoms with Crippen molar-refractivity contribution in [2.75, 3.05) is 32.9 Å². The molecule has 1 heterocycles. The zero-order valence-corrected chi connectivity index (χ0v) is 18.2. The van der Waals surface area contributed by atoms with Crippen LogP contribution in [0.5, 0.6) is 0 Å². The van der Waals surface area contributed by atoms with Crippen molar-refractivity contribution in [2.45, 2.75) is 45.1 Å². The fourth-order valence-corrected chi connectivity index (χ4v) is 4.08. The number of hydrogen-bond donors (Lipinski definition) is 2. The molecule has 5 heteroatoms. The van der Waals surface area contributed by atoms with Gasteiger partial charge in [-0.05, 0) is 37.0 Å². The Balaban J connectivity index is 1.56. The molecule has 0 unspecified atom stereocenters. The van der Waals surface area contributed by atoms with Crippen LogP contribution in [0.4, 0.5) is 0 Å². The van der Waals surface area contributed by atoms with Gasteiger partial charge in [-0.1, -0.05) is 54.6 Å². The van der Waals surface area contributed by atoms with E-state index >= 15 is 0 Å². The van der Waals surface area contributed by atoms with Crippen molar-refractivity contribution >= 4 is 0 Å². The van der Waals surface area contributed by atoms with Crippen LogP contribution in [0.15, 0.2) is 54.6 Å². The highest BCUT2D eigenvalue weighted by atomic mass is 16.5. The molecule has 0 spiro atoms. The molecule has 2 aromatic carbocycles. The summed E-state index contributed by atoms with van der Waals surface area (Å²) < 4.78 is 11.1. The Morgan fingerprint density at radius 2 is 1.77 bits per heavy atom. The molecule has 2 N–H and O–H groups in total. The molecule has 1 saturated heterocycles. The van der Waals surface area contributed by atoms with Gasteiger partial charge < -0.3 is 19.7 Å². The van der Waals surface area contributed by atoms with E-state index in [0.29, 0.717) is 32.8 Å². The molecule has 164 valence electrons. The summed E-state index contributed by atoms with van der Waals surface area (Å²) in [5.41, 5.74) is 2.18. The van der Waals surface area contributed by atoms with Gasteiger partial charge in [0.25, 0.3) is 0 Å². The summed E-state index contributed by atoms with van der Waals surface area (Å²) in [4.78, 5) is 2.31. The molecule has 5 nitrogen and oxygen atoms in total. The van der Waals surface area contributed by atoms with Gasteiger partial charge >= 0.3 is 0 Å². The second kappa shape index (κ2) is 11.0. The lowest BCUT2D eigenvalue weighted by molar-refractivity contribution is -0.0960. The van der Waals surface area contributed by atoms with Gasteiger partial charge in [0.05, 0.1) is 38.1 Å². The minimum atomic E-state index is -1.01. The van der Waals surface area contributed by atoms with Crippen LogP contribution in [0.2, 0.25) is 0 Å². The summed E-state index contributed by atoms with van der Waals surface area (Å²) in [7, 11) is 0. The number of aliphatic hydroxyl groups excluding tert-OH is 1. The second-order valence-corrected chi connectivity index (χ2v) is 8.44. The number of rotatable bonds is 10. The van der Waals surface area contributed by atoms with E-state index in [1.54, 1.807) is 0 Å². The molecule has 0 amide bonds. The lowest BCUT2D eigenvalue weighted by atomic mass is 9.76. The number of benzene rings is 2. The fourth-order valence-electron chi connectivity index (χ4n) is 4.08. The van der Waals surface area contributed by atoms with Gasteiger partial charge in [-0.3, -0.25) is 4.90 Å². The maximum absolute atomic E-state index is 11.4. The van der Waals surface area contributed by atoms with Crippen LogP contribution >= 0.6 is 0 Å². The van der Waals surface area contributed by atoms with Crippen molar-refractivity contribution in [3.63, 3.8) is 0 Å². The molecule has 0 aromatic heterocycles. The first-order valence-electron chi connectivity index (χ1n) is 10.9. The monoisotopic (exact) mass is 413 g/mol. The third-order valence-electron chi connectivity index (χ3n) is 5.83. The lowest BCUT2D eigenvalue weighted by Crippen LogP contribution is -2.51. The highest BCUT2D eigenvalue weighted by Gasteiger charge is 2.42. The number of aliphatic hydroxyl groups is 2. The van der Waals surface area contributed by atoms with Crippen molar-refractivity contribution in [2.24, 2.45) is 5.92 Å². The van der Waals surface area contributed by atoms with Crippen molar-refractivity contribution in [3.05, 3.63) is 71.3 Å². The zero-order valence-electron chi connectivity index (χ0n) is 18.2. The van der Waals surface area contributed by atoms with Crippen LogP contribution in [-0.4, -0.2) is 54.1 Å². The van der Waals surface area contributed by atoms with E-state index in [9.17, 15) is 10.2 Å². The summed E-state index contributed by atoms with van der Waals surface area (Å²) in [5, 5.41) is 21.5. The van der Waals surface area contributed by atoms with E-state index in [-0.39, 0.29) is 18.6 Å². The molecule has 0 saturated carbocycles. The average molecular weight is 414 g/mol. The van der Waals surface area contributed by atoms with Gasteiger partial charge in [0.2, 0.25) is 0 Å². The maximum Gasteiger partial charge on any atom is 0.0970 e. The summed E-state index contributed by atoms with van der Waals surface area (Å²) in [5.74, 6) is -0.217. The number of hydrogen-bond acceptors (Lipinski definition) is 5. The van der Waals surface area contributed by atoms with Crippen LogP contribution in [0, 0.1) is 5.92 Å². The minimum absolute atomic E-state index is 0.0392. The first kappa shape index (κ1) is 22.9. The van der Waals surface area contributed by atoms with Gasteiger partial charge in [-0.15, -0.1) is 0 Å². The highest BCUT2D eigenvalue weighted by molar-refractivity contribution is 5.28. The highest BCUT2D eigenvalue weighted by Crippen LogP contribution is 2.37. The SMILES string of the molecule is CC(C)OCCOCc1ccc([C@@]2(O)CCN(Cc3ccccc3)C[C@@H]2CO)cc1. The average Bonchev–Trinajstić information content (AvgIpc) is 2.76. The third kappa shape index (κ3) is 6.13. The van der Waals surface area contributed by atoms with Gasteiger partial charge in [-0.25, -0.2) is 0 Å². The smallest absolute Gasteiger partial charge is 0.0970 e. The van der Waals surface area contributed by atoms with E-state index in [1.807, 2.05) is 56.3 Å². The Labute approximate surface area is 180 Å². The molecule has 2 aromatic rings. The molecule has 0 aliphatic carbocycles. The topological polar surface area (TPSA) is 62.2 Å². The Morgan fingerprint density at radius 1 is 1.03 bits per heavy atom. The largest absolute Gasteiger partial charge is 0.396 e. The predicted molar refractivity (Wildman–Crippen MR) is 118 cm³/mol. The van der Waals surface area contributed by atoms with Crippen molar-refractivity contribution in [1.82, 2.24) is 4.90 Å². The number of piperidine rings is 1. The Morgan fingerprint density at radius 3 is 2.43 bits per heavy atom. The molecule has 0 bridgehead atoms.